The lowest BCUT2D eigenvalue weighted by atomic mass is 10.1. The lowest BCUT2D eigenvalue weighted by Gasteiger charge is -2.14. The van der Waals surface area contributed by atoms with Crippen LogP contribution >= 0.6 is 11.6 Å². The van der Waals surface area contributed by atoms with E-state index in [0.29, 0.717) is 23.1 Å². The first-order valence-electron chi connectivity index (χ1n) is 7.11. The normalized spacial score (nSPS) is 12.9. The van der Waals surface area contributed by atoms with E-state index in [9.17, 15) is 9.90 Å². The molecule has 0 fully saturated rings. The number of nitrogens with one attached hydrogen (secondary N) is 1. The number of fused-ring (bicyclic) bond motifs is 1. The number of aliphatic hydroxyl groups excluding tert-OH is 1. The number of hydrogen-bond donors (Lipinski definition) is 2. The van der Waals surface area contributed by atoms with Crippen molar-refractivity contribution in [3.05, 3.63) is 35.0 Å². The fourth-order valence-corrected chi connectivity index (χ4v) is 2.89. The molecule has 2 N–H and O–H groups in total. The van der Waals surface area contributed by atoms with Crippen molar-refractivity contribution in [1.82, 2.24) is 9.88 Å². The minimum absolute atomic E-state index is 0.231. The highest BCUT2D eigenvalue weighted by Crippen LogP contribution is 2.29. The summed E-state index contributed by atoms with van der Waals surface area (Å²) < 4.78 is 1.78. The number of carbonyl (C=O) groups is 1. The number of hydrogen-bond acceptors (Lipinski definition) is 2. The zero-order valence-corrected chi connectivity index (χ0v) is 13.3. The van der Waals surface area contributed by atoms with Crippen LogP contribution in [0.1, 0.15) is 30.8 Å². The molecule has 0 saturated carbocycles. The van der Waals surface area contributed by atoms with E-state index in [0.717, 1.165) is 10.9 Å². The van der Waals surface area contributed by atoms with Crippen molar-refractivity contribution in [2.75, 3.05) is 6.54 Å². The second-order valence-electron chi connectivity index (χ2n) is 5.73. The van der Waals surface area contributed by atoms with Crippen LogP contribution in [0, 0.1) is 5.92 Å². The molecule has 21 heavy (non-hydrogen) atoms. The summed E-state index contributed by atoms with van der Waals surface area (Å²) in [6.07, 6.45) is 0.116. The first kappa shape index (κ1) is 15.9. The Morgan fingerprint density at radius 1 is 1.38 bits per heavy atom. The Labute approximate surface area is 129 Å². The van der Waals surface area contributed by atoms with Crippen molar-refractivity contribution < 1.29 is 9.90 Å². The van der Waals surface area contributed by atoms with Crippen molar-refractivity contribution >= 4 is 28.4 Å². The number of rotatable bonds is 5. The predicted octanol–water partition coefficient (Wildman–Crippen LogP) is 2.97. The topological polar surface area (TPSA) is 54.3 Å². The van der Waals surface area contributed by atoms with Crippen LogP contribution in [0.2, 0.25) is 5.02 Å². The van der Waals surface area contributed by atoms with Gasteiger partial charge in [-0.05, 0) is 18.4 Å². The van der Waals surface area contributed by atoms with Crippen LogP contribution < -0.4 is 5.32 Å². The molecule has 4 nitrogen and oxygen atoms in total. The number of carbonyl (C=O) groups excluding carboxylic acids is 1. The first-order valence-corrected chi connectivity index (χ1v) is 7.48. The van der Waals surface area contributed by atoms with Crippen molar-refractivity contribution in [3.8, 4) is 0 Å². The van der Waals surface area contributed by atoms with Gasteiger partial charge in [-0.2, -0.15) is 0 Å². The largest absolute Gasteiger partial charge is 0.391 e. The van der Waals surface area contributed by atoms with E-state index in [2.05, 4.69) is 5.32 Å². The molecule has 1 atom stereocenters. The molecule has 0 bridgehead atoms. The highest BCUT2D eigenvalue weighted by Gasteiger charge is 2.20. The molecular weight excluding hydrogens is 288 g/mol. The average molecular weight is 309 g/mol. The molecule has 0 saturated heterocycles. The van der Waals surface area contributed by atoms with Crippen molar-refractivity contribution in [2.24, 2.45) is 13.0 Å². The van der Waals surface area contributed by atoms with Gasteiger partial charge in [0, 0.05) is 24.5 Å². The second-order valence-corrected chi connectivity index (χ2v) is 6.11. The minimum atomic E-state index is -0.539. The predicted molar refractivity (Wildman–Crippen MR) is 85.7 cm³/mol. The third-order valence-corrected chi connectivity index (χ3v) is 3.88. The smallest absolute Gasteiger partial charge is 0.269 e. The molecule has 1 aromatic carbocycles. The van der Waals surface area contributed by atoms with Crippen LogP contribution in [0.15, 0.2) is 24.3 Å². The van der Waals surface area contributed by atoms with Crippen molar-refractivity contribution in [3.63, 3.8) is 0 Å². The number of nitrogens with zero attached hydrogens (tertiary/aromatic N) is 1. The van der Waals surface area contributed by atoms with Gasteiger partial charge in [-0.1, -0.05) is 43.6 Å². The van der Waals surface area contributed by atoms with Crippen LogP contribution in [0.5, 0.6) is 0 Å². The summed E-state index contributed by atoms with van der Waals surface area (Å²) in [5, 5.41) is 13.9. The molecule has 2 aromatic rings. The minimum Gasteiger partial charge on any atom is -0.391 e. The van der Waals surface area contributed by atoms with Gasteiger partial charge in [-0.25, -0.2) is 0 Å². The SMILES string of the molecule is CC(C)CC(O)CNC(=O)c1c(Cl)c2ccccc2n1C. The van der Waals surface area contributed by atoms with E-state index in [-0.39, 0.29) is 12.5 Å². The maximum atomic E-state index is 12.3. The van der Waals surface area contributed by atoms with Gasteiger partial charge in [0.25, 0.3) is 5.91 Å². The molecule has 0 aliphatic heterocycles. The maximum Gasteiger partial charge on any atom is 0.269 e. The number of aliphatic hydroxyl groups is 1. The van der Waals surface area contributed by atoms with E-state index in [4.69, 9.17) is 11.6 Å². The van der Waals surface area contributed by atoms with Gasteiger partial charge in [-0.3, -0.25) is 4.79 Å². The second kappa shape index (κ2) is 6.50. The lowest BCUT2D eigenvalue weighted by Crippen LogP contribution is -2.33. The highest BCUT2D eigenvalue weighted by molar-refractivity contribution is 6.38. The summed E-state index contributed by atoms with van der Waals surface area (Å²) >= 11 is 6.31. The summed E-state index contributed by atoms with van der Waals surface area (Å²) in [5.74, 6) is 0.125. The third kappa shape index (κ3) is 3.39. The molecule has 5 heteroatoms. The van der Waals surface area contributed by atoms with Crippen LogP contribution in [0.4, 0.5) is 0 Å². The zero-order chi connectivity index (χ0) is 15.6. The number of aromatic nitrogens is 1. The Bertz CT molecular complexity index is 610. The number of aryl methyl sites for hydroxylation is 1. The Balaban J connectivity index is 2.17. The summed E-state index contributed by atoms with van der Waals surface area (Å²) in [4.78, 5) is 12.3. The van der Waals surface area contributed by atoms with Crippen LogP contribution in [-0.4, -0.2) is 28.2 Å². The third-order valence-electron chi connectivity index (χ3n) is 3.50. The molecule has 0 radical (unpaired) electrons. The van der Waals surface area contributed by atoms with Gasteiger partial charge in [0.2, 0.25) is 0 Å². The number of para-hydroxylation sites is 1. The Morgan fingerprint density at radius 2 is 2.05 bits per heavy atom. The van der Waals surface area contributed by atoms with E-state index in [1.807, 2.05) is 45.2 Å². The monoisotopic (exact) mass is 308 g/mol. The first-order chi connectivity index (χ1) is 9.91. The van der Waals surface area contributed by atoms with Gasteiger partial charge < -0.3 is 15.0 Å². The standard InChI is InChI=1S/C16H21ClN2O2/c1-10(2)8-11(20)9-18-16(21)15-14(17)12-6-4-5-7-13(12)19(15)3/h4-7,10-11,20H,8-9H2,1-3H3,(H,18,21). The van der Waals surface area contributed by atoms with Gasteiger partial charge in [0.15, 0.2) is 0 Å². The molecule has 1 aromatic heterocycles. The zero-order valence-electron chi connectivity index (χ0n) is 12.6. The fraction of sp³-hybridized carbons (Fsp3) is 0.438. The maximum absolute atomic E-state index is 12.3. The van der Waals surface area contributed by atoms with Gasteiger partial charge in [0.05, 0.1) is 11.1 Å². The lowest BCUT2D eigenvalue weighted by molar-refractivity contribution is 0.0893. The van der Waals surface area contributed by atoms with Crippen LogP contribution in [-0.2, 0) is 7.05 Å². The van der Waals surface area contributed by atoms with Crippen molar-refractivity contribution in [2.45, 2.75) is 26.4 Å². The van der Waals surface area contributed by atoms with Gasteiger partial charge >= 0.3 is 0 Å². The number of halogens is 1. The summed E-state index contributed by atoms with van der Waals surface area (Å²) in [7, 11) is 1.81. The highest BCUT2D eigenvalue weighted by atomic mass is 35.5. The quantitative estimate of drug-likeness (QED) is 0.892. The van der Waals surface area contributed by atoms with E-state index >= 15 is 0 Å². The summed E-state index contributed by atoms with van der Waals surface area (Å²) in [6.45, 7) is 4.30. The molecule has 1 unspecified atom stereocenters. The Morgan fingerprint density at radius 3 is 2.67 bits per heavy atom. The van der Waals surface area contributed by atoms with Crippen LogP contribution in [0.3, 0.4) is 0 Å². The Kier molecular flexibility index (Phi) is 4.91. The summed E-state index contributed by atoms with van der Waals surface area (Å²) in [5.41, 5.74) is 1.34. The molecule has 0 aliphatic carbocycles. The van der Waals surface area contributed by atoms with E-state index in [1.54, 1.807) is 4.57 Å². The van der Waals surface area contributed by atoms with Gasteiger partial charge in [0.1, 0.15) is 5.69 Å². The molecular formula is C16H21ClN2O2. The number of benzene rings is 1. The average Bonchev–Trinajstić information content (AvgIpc) is 2.68. The van der Waals surface area contributed by atoms with Gasteiger partial charge in [-0.15, -0.1) is 0 Å². The summed E-state index contributed by atoms with van der Waals surface area (Å²) in [6, 6.07) is 7.61. The molecule has 1 amide bonds. The van der Waals surface area contributed by atoms with Crippen molar-refractivity contribution in [1.29, 1.82) is 0 Å². The molecule has 0 spiro atoms. The fourth-order valence-electron chi connectivity index (χ4n) is 2.52. The van der Waals surface area contributed by atoms with E-state index in [1.165, 1.54) is 0 Å². The molecule has 2 rings (SSSR count). The molecule has 0 aliphatic rings. The van der Waals surface area contributed by atoms with Crippen LogP contribution in [0.25, 0.3) is 10.9 Å². The molecule has 114 valence electrons. The molecule has 1 heterocycles. The number of amides is 1. The Hall–Kier alpha value is -1.52. The van der Waals surface area contributed by atoms with E-state index < -0.39 is 6.10 Å².